The molecule has 6 heteroatoms. The van der Waals surface area contributed by atoms with Crippen LogP contribution in [0.3, 0.4) is 0 Å². The summed E-state index contributed by atoms with van der Waals surface area (Å²) in [5.74, 6) is -0.0446. The molecule has 6 nitrogen and oxygen atoms in total. The molecule has 2 saturated heterocycles. The van der Waals surface area contributed by atoms with E-state index in [2.05, 4.69) is 22.0 Å². The van der Waals surface area contributed by atoms with Crippen molar-refractivity contribution in [3.05, 3.63) is 36.5 Å². The van der Waals surface area contributed by atoms with E-state index in [9.17, 15) is 14.7 Å². The lowest BCUT2D eigenvalue weighted by Crippen LogP contribution is -2.42. The Balaban J connectivity index is 1.54. The van der Waals surface area contributed by atoms with E-state index in [1.54, 1.807) is 0 Å². The number of carboxylic acids is 1. The Labute approximate surface area is 152 Å². The average molecular weight is 353 g/mol. The number of aromatic nitrogens is 1. The molecule has 1 aromatic carbocycles. The standard InChI is InChI=1S/C20H23N3O3/c1-14(24)23-13-20(12-17(23)19(25)26)7-10-22(11-8-20)18-16-5-3-2-4-15(16)6-9-21-18/h2-6,9,17H,7-8,10-13H2,1H3,(H,25,26)/t17-/m0/s1. The number of amides is 1. The molecule has 0 aliphatic carbocycles. The lowest BCUT2D eigenvalue weighted by Gasteiger charge is -2.40. The molecule has 26 heavy (non-hydrogen) atoms. The Morgan fingerprint density at radius 2 is 1.92 bits per heavy atom. The molecule has 1 amide bonds. The number of fused-ring (bicyclic) bond motifs is 1. The largest absolute Gasteiger partial charge is 0.480 e. The smallest absolute Gasteiger partial charge is 0.326 e. The van der Waals surface area contributed by atoms with Crippen molar-refractivity contribution >= 4 is 28.5 Å². The Kier molecular flexibility index (Phi) is 4.05. The van der Waals surface area contributed by atoms with Crippen LogP contribution in [0.25, 0.3) is 10.8 Å². The monoisotopic (exact) mass is 353 g/mol. The van der Waals surface area contributed by atoms with Gasteiger partial charge >= 0.3 is 5.97 Å². The van der Waals surface area contributed by atoms with E-state index in [1.165, 1.54) is 17.2 Å². The fraction of sp³-hybridized carbons (Fsp3) is 0.450. The summed E-state index contributed by atoms with van der Waals surface area (Å²) in [7, 11) is 0. The van der Waals surface area contributed by atoms with E-state index >= 15 is 0 Å². The third-order valence-electron chi connectivity index (χ3n) is 5.97. The second-order valence-corrected chi connectivity index (χ2v) is 7.55. The zero-order valence-corrected chi connectivity index (χ0v) is 14.9. The third-order valence-corrected chi connectivity index (χ3v) is 5.97. The summed E-state index contributed by atoms with van der Waals surface area (Å²) in [4.78, 5) is 31.8. The molecule has 2 aromatic rings. The molecule has 0 saturated carbocycles. The minimum absolute atomic E-state index is 0.0875. The molecule has 2 aliphatic heterocycles. The summed E-state index contributed by atoms with van der Waals surface area (Å²) in [6, 6.07) is 9.57. The van der Waals surface area contributed by atoms with Gasteiger partial charge in [0.25, 0.3) is 0 Å². The minimum atomic E-state index is -0.893. The van der Waals surface area contributed by atoms with Gasteiger partial charge in [0.05, 0.1) is 0 Å². The number of carboxylic acid groups (broad SMARTS) is 1. The number of hydrogen-bond donors (Lipinski definition) is 1. The van der Waals surface area contributed by atoms with Gasteiger partial charge in [0.2, 0.25) is 5.91 Å². The van der Waals surface area contributed by atoms with Gasteiger partial charge in [-0.1, -0.05) is 24.3 Å². The number of carbonyl (C=O) groups excluding carboxylic acids is 1. The zero-order valence-electron chi connectivity index (χ0n) is 14.9. The van der Waals surface area contributed by atoms with E-state index < -0.39 is 12.0 Å². The Hall–Kier alpha value is -2.63. The first-order valence-corrected chi connectivity index (χ1v) is 9.08. The van der Waals surface area contributed by atoms with Gasteiger partial charge in [-0.2, -0.15) is 0 Å². The maximum atomic E-state index is 11.9. The molecule has 3 heterocycles. The molecule has 1 N–H and O–H groups in total. The topological polar surface area (TPSA) is 73.7 Å². The summed E-state index contributed by atoms with van der Waals surface area (Å²) in [5, 5.41) is 11.8. The second kappa shape index (κ2) is 6.27. The number of carbonyl (C=O) groups is 2. The number of likely N-dealkylation sites (tertiary alicyclic amines) is 1. The van der Waals surface area contributed by atoms with Crippen molar-refractivity contribution in [1.29, 1.82) is 0 Å². The molecule has 1 spiro atoms. The van der Waals surface area contributed by atoms with Gasteiger partial charge in [-0.05, 0) is 36.1 Å². The van der Waals surface area contributed by atoms with Crippen LogP contribution < -0.4 is 4.90 Å². The highest BCUT2D eigenvalue weighted by molar-refractivity contribution is 5.92. The van der Waals surface area contributed by atoms with Crippen molar-refractivity contribution in [2.75, 3.05) is 24.5 Å². The molecular weight excluding hydrogens is 330 g/mol. The molecule has 0 radical (unpaired) electrons. The van der Waals surface area contributed by atoms with Crippen LogP contribution in [0.1, 0.15) is 26.2 Å². The molecule has 1 aromatic heterocycles. The number of anilines is 1. The van der Waals surface area contributed by atoms with E-state index in [1.807, 2.05) is 24.4 Å². The first kappa shape index (κ1) is 16.8. The molecular formula is C20H23N3O3. The number of aliphatic carboxylic acids is 1. The highest BCUT2D eigenvalue weighted by Crippen LogP contribution is 2.44. The molecule has 136 valence electrons. The van der Waals surface area contributed by atoms with E-state index in [0.29, 0.717) is 13.0 Å². The number of hydrogen-bond acceptors (Lipinski definition) is 4. The molecule has 0 unspecified atom stereocenters. The lowest BCUT2D eigenvalue weighted by molar-refractivity contribution is -0.147. The summed E-state index contributed by atoms with van der Waals surface area (Å²) in [5.41, 5.74) is -0.0875. The lowest BCUT2D eigenvalue weighted by atomic mass is 9.76. The van der Waals surface area contributed by atoms with Crippen LogP contribution in [0.5, 0.6) is 0 Å². The van der Waals surface area contributed by atoms with E-state index in [0.717, 1.165) is 37.1 Å². The number of piperidine rings is 1. The van der Waals surface area contributed by atoms with Gasteiger partial charge < -0.3 is 14.9 Å². The van der Waals surface area contributed by atoms with Gasteiger partial charge in [-0.3, -0.25) is 4.79 Å². The quantitative estimate of drug-likeness (QED) is 0.898. The van der Waals surface area contributed by atoms with Crippen molar-refractivity contribution in [3.63, 3.8) is 0 Å². The van der Waals surface area contributed by atoms with Crippen molar-refractivity contribution < 1.29 is 14.7 Å². The second-order valence-electron chi connectivity index (χ2n) is 7.55. The zero-order chi connectivity index (χ0) is 18.3. The van der Waals surface area contributed by atoms with E-state index in [-0.39, 0.29) is 11.3 Å². The summed E-state index contributed by atoms with van der Waals surface area (Å²) < 4.78 is 0. The van der Waals surface area contributed by atoms with Crippen LogP contribution >= 0.6 is 0 Å². The minimum Gasteiger partial charge on any atom is -0.480 e. The first-order valence-electron chi connectivity index (χ1n) is 9.08. The van der Waals surface area contributed by atoms with Crippen LogP contribution in [0, 0.1) is 5.41 Å². The predicted octanol–water partition coefficient (Wildman–Crippen LogP) is 2.53. The van der Waals surface area contributed by atoms with Gasteiger partial charge in [-0.15, -0.1) is 0 Å². The molecule has 0 bridgehead atoms. The van der Waals surface area contributed by atoms with E-state index in [4.69, 9.17) is 0 Å². The molecule has 2 aliphatic rings. The molecule has 4 rings (SSSR count). The van der Waals surface area contributed by atoms with Crippen molar-refractivity contribution in [2.24, 2.45) is 5.41 Å². The first-order chi connectivity index (χ1) is 12.5. The van der Waals surface area contributed by atoms with Gasteiger partial charge in [0, 0.05) is 38.1 Å². The Morgan fingerprint density at radius 1 is 1.19 bits per heavy atom. The predicted molar refractivity (Wildman–Crippen MR) is 99.1 cm³/mol. The summed E-state index contributed by atoms with van der Waals surface area (Å²) in [6.07, 6.45) is 4.16. The highest BCUT2D eigenvalue weighted by Gasteiger charge is 2.49. The number of pyridine rings is 1. The average Bonchev–Trinajstić information content (AvgIpc) is 3.02. The van der Waals surface area contributed by atoms with Crippen LogP contribution in [-0.2, 0) is 9.59 Å². The maximum absolute atomic E-state index is 11.9. The van der Waals surface area contributed by atoms with Gasteiger partial charge in [0.15, 0.2) is 0 Å². The van der Waals surface area contributed by atoms with Crippen LogP contribution in [0.15, 0.2) is 36.5 Å². The normalized spacial score (nSPS) is 22.1. The number of nitrogens with zero attached hydrogens (tertiary/aromatic N) is 3. The van der Waals surface area contributed by atoms with Crippen molar-refractivity contribution in [1.82, 2.24) is 9.88 Å². The van der Waals surface area contributed by atoms with Crippen LogP contribution in [0.4, 0.5) is 5.82 Å². The van der Waals surface area contributed by atoms with Gasteiger partial charge in [-0.25, -0.2) is 9.78 Å². The van der Waals surface area contributed by atoms with Crippen molar-refractivity contribution in [3.8, 4) is 0 Å². The Morgan fingerprint density at radius 3 is 2.58 bits per heavy atom. The van der Waals surface area contributed by atoms with Crippen molar-refractivity contribution in [2.45, 2.75) is 32.2 Å². The fourth-order valence-electron chi connectivity index (χ4n) is 4.52. The fourth-order valence-corrected chi connectivity index (χ4v) is 4.52. The third kappa shape index (κ3) is 2.79. The number of benzene rings is 1. The van der Waals surface area contributed by atoms with Gasteiger partial charge in [0.1, 0.15) is 11.9 Å². The maximum Gasteiger partial charge on any atom is 0.326 e. The SMILES string of the molecule is CC(=O)N1CC2(CCN(c3nccc4ccccc34)CC2)C[C@H]1C(=O)O. The molecule has 1 atom stereocenters. The van der Waals surface area contributed by atoms with Crippen LogP contribution in [-0.4, -0.2) is 52.5 Å². The molecule has 2 fully saturated rings. The summed E-state index contributed by atoms with van der Waals surface area (Å²) >= 11 is 0. The Bertz CT molecular complexity index is 829. The number of rotatable bonds is 2. The highest BCUT2D eigenvalue weighted by atomic mass is 16.4. The van der Waals surface area contributed by atoms with Crippen LogP contribution in [0.2, 0.25) is 0 Å². The summed E-state index contributed by atoms with van der Waals surface area (Å²) in [6.45, 7) is 3.68.